The second-order valence-corrected chi connectivity index (χ2v) is 8.46. The Hall–Kier alpha value is -2.57. The number of ether oxygens (including phenoxy) is 2. The number of aliphatic carboxylic acids is 1. The van der Waals surface area contributed by atoms with E-state index in [9.17, 15) is 9.90 Å². The molecule has 1 aliphatic rings. The van der Waals surface area contributed by atoms with E-state index in [0.29, 0.717) is 18.0 Å². The van der Waals surface area contributed by atoms with Crippen LogP contribution in [0.25, 0.3) is 10.1 Å². The Morgan fingerprint density at radius 2 is 2.00 bits per heavy atom. The van der Waals surface area contributed by atoms with Gasteiger partial charge in [0, 0.05) is 21.7 Å². The first-order chi connectivity index (χ1) is 14.1. The van der Waals surface area contributed by atoms with Gasteiger partial charge in [0.25, 0.3) is 0 Å². The molecule has 0 aliphatic carbocycles. The Kier molecular flexibility index (Phi) is 5.74. The average Bonchev–Trinajstić information content (AvgIpc) is 3.17. The lowest BCUT2D eigenvalue weighted by Crippen LogP contribution is -2.41. The Labute approximate surface area is 174 Å². The van der Waals surface area contributed by atoms with Gasteiger partial charge in [0.1, 0.15) is 0 Å². The quantitative estimate of drug-likeness (QED) is 0.631. The minimum Gasteiger partial charge on any atom is -0.493 e. The highest BCUT2D eigenvalue weighted by atomic mass is 32.1. The summed E-state index contributed by atoms with van der Waals surface area (Å²) in [5.41, 5.74) is 1.00. The maximum Gasteiger partial charge on any atom is 0.307 e. The molecule has 2 atom stereocenters. The fourth-order valence-corrected chi connectivity index (χ4v) is 5.46. The zero-order valence-electron chi connectivity index (χ0n) is 16.6. The molecule has 0 spiro atoms. The first-order valence-electron chi connectivity index (χ1n) is 9.78. The summed E-state index contributed by atoms with van der Waals surface area (Å²) in [6, 6.07) is 16.4. The summed E-state index contributed by atoms with van der Waals surface area (Å²) in [4.78, 5) is 15.2. The van der Waals surface area contributed by atoms with Crippen molar-refractivity contribution in [1.29, 1.82) is 0 Å². The third-order valence-electron chi connectivity index (χ3n) is 5.61. The van der Waals surface area contributed by atoms with E-state index in [4.69, 9.17) is 9.47 Å². The Morgan fingerprint density at radius 1 is 1.17 bits per heavy atom. The molecule has 2 unspecified atom stereocenters. The summed E-state index contributed by atoms with van der Waals surface area (Å²) in [7, 11) is 3.29. The standard InChI is InChI=1S/C23H25NO4S/c1-27-18-10-5-9-17(22(18)28-2)21(24-12-6-8-16(14-24)23(25)26)20-13-15-7-3-4-11-19(15)29-20/h3-5,7,9-11,13,16,21H,6,8,12,14H2,1-2H3,(H,25,26). The van der Waals surface area contributed by atoms with Crippen LogP contribution in [0.3, 0.4) is 0 Å². The summed E-state index contributed by atoms with van der Waals surface area (Å²) >= 11 is 1.75. The molecule has 2 aromatic carbocycles. The van der Waals surface area contributed by atoms with E-state index in [0.717, 1.165) is 24.9 Å². The molecule has 4 rings (SSSR count). The van der Waals surface area contributed by atoms with Gasteiger partial charge < -0.3 is 14.6 Å². The number of carbonyl (C=O) groups is 1. The molecule has 6 heteroatoms. The van der Waals surface area contributed by atoms with Crippen molar-refractivity contribution in [2.75, 3.05) is 27.3 Å². The van der Waals surface area contributed by atoms with Crippen LogP contribution in [0.15, 0.2) is 48.5 Å². The summed E-state index contributed by atoms with van der Waals surface area (Å²) in [5.74, 6) is 0.317. The number of nitrogens with zero attached hydrogens (tertiary/aromatic N) is 1. The van der Waals surface area contributed by atoms with Gasteiger partial charge in [0.15, 0.2) is 11.5 Å². The second kappa shape index (κ2) is 8.43. The van der Waals surface area contributed by atoms with Gasteiger partial charge in [-0.15, -0.1) is 11.3 Å². The molecule has 152 valence electrons. The predicted octanol–water partition coefficient (Wildman–Crippen LogP) is 4.80. The van der Waals surface area contributed by atoms with Crippen molar-refractivity contribution < 1.29 is 19.4 Å². The number of benzene rings is 2. The van der Waals surface area contributed by atoms with Gasteiger partial charge in [-0.1, -0.05) is 30.3 Å². The van der Waals surface area contributed by atoms with Gasteiger partial charge in [0.2, 0.25) is 0 Å². The second-order valence-electron chi connectivity index (χ2n) is 7.34. The van der Waals surface area contributed by atoms with Crippen molar-refractivity contribution in [2.24, 2.45) is 5.92 Å². The third-order valence-corrected chi connectivity index (χ3v) is 6.78. The van der Waals surface area contributed by atoms with Crippen LogP contribution in [-0.2, 0) is 4.79 Å². The van der Waals surface area contributed by atoms with Gasteiger partial charge in [-0.3, -0.25) is 9.69 Å². The molecule has 0 bridgehead atoms. The number of carboxylic acid groups (broad SMARTS) is 1. The van der Waals surface area contributed by atoms with Crippen LogP contribution in [-0.4, -0.2) is 43.3 Å². The lowest BCUT2D eigenvalue weighted by molar-refractivity contribution is -0.143. The van der Waals surface area contributed by atoms with Gasteiger partial charge in [-0.2, -0.15) is 0 Å². The van der Waals surface area contributed by atoms with Crippen LogP contribution in [0.4, 0.5) is 0 Å². The SMILES string of the molecule is COc1cccc(C(c2cc3ccccc3s2)N2CCCC(C(=O)O)C2)c1OC. The van der Waals surface area contributed by atoms with Crippen molar-refractivity contribution in [3.05, 3.63) is 59.0 Å². The number of rotatable bonds is 6. The zero-order valence-corrected chi connectivity index (χ0v) is 17.4. The molecule has 1 fully saturated rings. The topological polar surface area (TPSA) is 59.0 Å². The first kappa shape index (κ1) is 19.7. The summed E-state index contributed by atoms with van der Waals surface area (Å²) < 4.78 is 12.5. The molecule has 2 heterocycles. The van der Waals surface area contributed by atoms with E-state index in [-0.39, 0.29) is 12.0 Å². The number of para-hydroxylation sites is 1. The van der Waals surface area contributed by atoms with Crippen molar-refractivity contribution in [2.45, 2.75) is 18.9 Å². The molecule has 0 radical (unpaired) electrons. The van der Waals surface area contributed by atoms with Gasteiger partial charge >= 0.3 is 5.97 Å². The van der Waals surface area contributed by atoms with E-state index < -0.39 is 5.97 Å². The van der Waals surface area contributed by atoms with E-state index in [1.165, 1.54) is 15.0 Å². The monoisotopic (exact) mass is 411 g/mol. The molecule has 3 aromatic rings. The number of piperidine rings is 1. The molecule has 1 N–H and O–H groups in total. The van der Waals surface area contributed by atoms with Crippen molar-refractivity contribution in [3.8, 4) is 11.5 Å². The van der Waals surface area contributed by atoms with Gasteiger partial charge in [0.05, 0.1) is 26.2 Å². The van der Waals surface area contributed by atoms with Gasteiger partial charge in [-0.05, 0) is 43.0 Å². The van der Waals surface area contributed by atoms with E-state index in [1.54, 1.807) is 25.6 Å². The highest BCUT2D eigenvalue weighted by Gasteiger charge is 2.34. The molecule has 1 aromatic heterocycles. The maximum atomic E-state index is 11.7. The molecular weight excluding hydrogens is 386 g/mol. The predicted molar refractivity (Wildman–Crippen MR) is 115 cm³/mol. The van der Waals surface area contributed by atoms with Crippen molar-refractivity contribution >= 4 is 27.4 Å². The smallest absolute Gasteiger partial charge is 0.307 e. The molecule has 29 heavy (non-hydrogen) atoms. The average molecular weight is 412 g/mol. The molecule has 1 saturated heterocycles. The number of carboxylic acids is 1. The highest BCUT2D eigenvalue weighted by molar-refractivity contribution is 7.19. The zero-order chi connectivity index (χ0) is 20.4. The molecule has 0 amide bonds. The number of methoxy groups -OCH3 is 2. The molecular formula is C23H25NO4S. The molecule has 5 nitrogen and oxygen atoms in total. The van der Waals surface area contributed by atoms with Crippen molar-refractivity contribution in [1.82, 2.24) is 4.90 Å². The highest BCUT2D eigenvalue weighted by Crippen LogP contribution is 2.44. The molecule has 0 saturated carbocycles. The van der Waals surface area contributed by atoms with Crippen LogP contribution in [0.1, 0.15) is 29.3 Å². The van der Waals surface area contributed by atoms with E-state index in [2.05, 4.69) is 29.2 Å². The number of likely N-dealkylation sites (tertiary alicyclic amines) is 1. The Bertz CT molecular complexity index is 982. The van der Waals surface area contributed by atoms with Crippen LogP contribution < -0.4 is 9.47 Å². The normalized spacial score (nSPS) is 18.5. The number of hydrogen-bond acceptors (Lipinski definition) is 5. The Balaban J connectivity index is 1.84. The van der Waals surface area contributed by atoms with E-state index >= 15 is 0 Å². The summed E-state index contributed by atoms with van der Waals surface area (Å²) in [6.07, 6.45) is 1.59. The summed E-state index contributed by atoms with van der Waals surface area (Å²) in [6.45, 7) is 1.37. The number of thiophene rings is 1. The van der Waals surface area contributed by atoms with Gasteiger partial charge in [-0.25, -0.2) is 0 Å². The number of fused-ring (bicyclic) bond motifs is 1. The van der Waals surface area contributed by atoms with Crippen molar-refractivity contribution in [3.63, 3.8) is 0 Å². The number of hydrogen-bond donors (Lipinski definition) is 1. The lowest BCUT2D eigenvalue weighted by Gasteiger charge is -2.37. The largest absolute Gasteiger partial charge is 0.493 e. The van der Waals surface area contributed by atoms with E-state index in [1.807, 2.05) is 24.3 Å². The molecule has 1 aliphatic heterocycles. The van der Waals surface area contributed by atoms with Crippen LogP contribution >= 0.6 is 11.3 Å². The minimum absolute atomic E-state index is 0.0837. The van der Waals surface area contributed by atoms with Crippen LogP contribution in [0.2, 0.25) is 0 Å². The van der Waals surface area contributed by atoms with Crippen LogP contribution in [0.5, 0.6) is 11.5 Å². The summed E-state index contributed by atoms with van der Waals surface area (Å²) in [5, 5.41) is 10.8. The third kappa shape index (κ3) is 3.82. The van der Waals surface area contributed by atoms with Crippen LogP contribution in [0, 0.1) is 5.92 Å². The minimum atomic E-state index is -0.720. The Morgan fingerprint density at radius 3 is 2.72 bits per heavy atom. The first-order valence-corrected chi connectivity index (χ1v) is 10.6. The fraction of sp³-hybridized carbons (Fsp3) is 0.348. The lowest BCUT2D eigenvalue weighted by atomic mass is 9.93. The fourth-order valence-electron chi connectivity index (χ4n) is 4.24. The maximum absolute atomic E-state index is 11.7.